The Morgan fingerprint density at radius 3 is 2.90 bits per heavy atom. The van der Waals surface area contributed by atoms with Crippen LogP contribution >= 0.6 is 22.9 Å². The molecule has 0 N–H and O–H groups in total. The highest BCUT2D eigenvalue weighted by molar-refractivity contribution is 7.10. The van der Waals surface area contributed by atoms with Gasteiger partial charge in [0.1, 0.15) is 6.04 Å². The van der Waals surface area contributed by atoms with E-state index in [4.69, 9.17) is 11.6 Å². The van der Waals surface area contributed by atoms with Crippen molar-refractivity contribution in [2.45, 2.75) is 19.4 Å². The monoisotopic (exact) mass is 320 g/mol. The van der Waals surface area contributed by atoms with Crippen molar-refractivity contribution in [2.75, 3.05) is 11.4 Å². The Labute approximate surface area is 131 Å². The number of halogens is 1. The summed E-state index contributed by atoms with van der Waals surface area (Å²) >= 11 is 7.59. The van der Waals surface area contributed by atoms with Crippen molar-refractivity contribution in [2.24, 2.45) is 5.18 Å². The van der Waals surface area contributed by atoms with Crippen LogP contribution in [0.2, 0.25) is 5.02 Å². The van der Waals surface area contributed by atoms with Gasteiger partial charge in [-0.3, -0.25) is 4.79 Å². The van der Waals surface area contributed by atoms with E-state index in [1.807, 2.05) is 18.4 Å². The second kappa shape index (κ2) is 5.58. The number of carbonyl (C=O) groups excluding carboxylic acids is 1. The van der Waals surface area contributed by atoms with Crippen LogP contribution in [0, 0.1) is 11.8 Å². The Bertz CT molecular complexity index is 713. The van der Waals surface area contributed by atoms with Crippen molar-refractivity contribution in [3.63, 3.8) is 0 Å². The molecule has 0 fully saturated rings. The van der Waals surface area contributed by atoms with Gasteiger partial charge in [0.15, 0.2) is 0 Å². The van der Waals surface area contributed by atoms with Crippen molar-refractivity contribution < 1.29 is 4.79 Å². The molecule has 0 spiro atoms. The lowest BCUT2D eigenvalue weighted by atomic mass is 9.96. The Morgan fingerprint density at radius 2 is 2.24 bits per heavy atom. The van der Waals surface area contributed by atoms with Crippen LogP contribution < -0.4 is 4.90 Å². The van der Waals surface area contributed by atoms with Gasteiger partial charge in [-0.1, -0.05) is 22.8 Å². The Balaban J connectivity index is 2.06. The molecule has 1 aromatic heterocycles. The molecule has 3 rings (SSSR count). The summed E-state index contributed by atoms with van der Waals surface area (Å²) in [5, 5.41) is 5.61. The van der Waals surface area contributed by atoms with Crippen LogP contribution in [-0.4, -0.2) is 12.5 Å². The van der Waals surface area contributed by atoms with Crippen molar-refractivity contribution in [3.05, 3.63) is 55.6 Å². The number of nitroso groups, excluding NO2 is 1. The Kier molecular flexibility index (Phi) is 3.78. The average molecular weight is 321 g/mol. The summed E-state index contributed by atoms with van der Waals surface area (Å²) in [6.07, 6.45) is 0.535. The van der Waals surface area contributed by atoms with Gasteiger partial charge in [-0.2, -0.15) is 4.91 Å². The van der Waals surface area contributed by atoms with E-state index >= 15 is 0 Å². The van der Waals surface area contributed by atoms with Crippen LogP contribution in [0.3, 0.4) is 0 Å². The lowest BCUT2D eigenvalue weighted by Gasteiger charge is -2.31. The first-order valence-electron chi connectivity index (χ1n) is 6.59. The van der Waals surface area contributed by atoms with E-state index < -0.39 is 6.04 Å². The van der Waals surface area contributed by atoms with Crippen LogP contribution in [0.5, 0.6) is 0 Å². The predicted molar refractivity (Wildman–Crippen MR) is 85.3 cm³/mol. The standard InChI is InChI=1S/C15H13ClN2O2S/c1-9-11(5-7-21-9)15(19)18-6-4-13(17-20)12-3-2-10(16)8-14(12)18/h2-3,5,7-8,13H,4,6H2,1H3. The highest BCUT2D eigenvalue weighted by Gasteiger charge is 2.30. The molecule has 4 nitrogen and oxygen atoms in total. The number of amides is 1. The van der Waals surface area contributed by atoms with Gasteiger partial charge in [0.25, 0.3) is 5.91 Å². The highest BCUT2D eigenvalue weighted by atomic mass is 35.5. The molecule has 1 amide bonds. The summed E-state index contributed by atoms with van der Waals surface area (Å²) in [6, 6.07) is 6.65. The van der Waals surface area contributed by atoms with Crippen LogP contribution in [-0.2, 0) is 0 Å². The summed E-state index contributed by atoms with van der Waals surface area (Å²) in [5.41, 5.74) is 2.15. The van der Waals surface area contributed by atoms with Crippen molar-refractivity contribution in [1.29, 1.82) is 0 Å². The third-order valence-electron chi connectivity index (χ3n) is 3.73. The normalized spacial score (nSPS) is 17.4. The van der Waals surface area contributed by atoms with Crippen molar-refractivity contribution in [1.82, 2.24) is 0 Å². The first kappa shape index (κ1) is 14.2. The number of aryl methyl sites for hydroxylation is 1. The van der Waals surface area contributed by atoms with E-state index in [9.17, 15) is 9.70 Å². The molecule has 0 bridgehead atoms. The SMILES string of the molecule is Cc1sccc1C(=O)N1CCC(N=O)c2ccc(Cl)cc21. The van der Waals surface area contributed by atoms with Gasteiger partial charge in [0, 0.05) is 22.0 Å². The number of carbonyl (C=O) groups is 1. The van der Waals surface area contributed by atoms with E-state index in [1.54, 1.807) is 34.4 Å². The fourth-order valence-corrected chi connectivity index (χ4v) is 3.49. The third kappa shape index (κ3) is 2.47. The summed E-state index contributed by atoms with van der Waals surface area (Å²) in [6.45, 7) is 2.40. The molecule has 0 radical (unpaired) electrons. The topological polar surface area (TPSA) is 49.7 Å². The van der Waals surface area contributed by atoms with E-state index in [0.717, 1.165) is 10.4 Å². The molecule has 6 heteroatoms. The van der Waals surface area contributed by atoms with Gasteiger partial charge < -0.3 is 4.90 Å². The van der Waals surface area contributed by atoms with Gasteiger partial charge >= 0.3 is 0 Å². The maximum atomic E-state index is 12.7. The minimum Gasteiger partial charge on any atom is -0.308 e. The number of fused-ring (bicyclic) bond motifs is 1. The number of benzene rings is 1. The first-order chi connectivity index (χ1) is 10.1. The first-order valence-corrected chi connectivity index (χ1v) is 7.85. The van der Waals surface area contributed by atoms with Gasteiger partial charge in [0.05, 0.1) is 11.3 Å². The average Bonchev–Trinajstić information content (AvgIpc) is 2.91. The number of hydrogen-bond acceptors (Lipinski definition) is 4. The molecule has 108 valence electrons. The number of hydrogen-bond donors (Lipinski definition) is 0. The molecule has 21 heavy (non-hydrogen) atoms. The zero-order valence-corrected chi connectivity index (χ0v) is 12.9. The summed E-state index contributed by atoms with van der Waals surface area (Å²) in [5.74, 6) is -0.0541. The summed E-state index contributed by atoms with van der Waals surface area (Å²) in [4.78, 5) is 26.4. The summed E-state index contributed by atoms with van der Waals surface area (Å²) in [7, 11) is 0. The molecule has 0 saturated heterocycles. The maximum Gasteiger partial charge on any atom is 0.259 e. The third-order valence-corrected chi connectivity index (χ3v) is 4.81. The molecule has 2 heterocycles. The molecule has 1 aliphatic heterocycles. The van der Waals surface area contributed by atoms with Crippen LogP contribution in [0.25, 0.3) is 0 Å². The lowest BCUT2D eigenvalue weighted by molar-refractivity contribution is 0.0984. The fourth-order valence-electron chi connectivity index (χ4n) is 2.63. The molecule has 1 aliphatic rings. The molecule has 1 unspecified atom stereocenters. The van der Waals surface area contributed by atoms with E-state index in [0.29, 0.717) is 29.2 Å². The van der Waals surface area contributed by atoms with Crippen molar-refractivity contribution >= 4 is 34.5 Å². The van der Waals surface area contributed by atoms with Crippen LogP contribution in [0.1, 0.15) is 33.3 Å². The van der Waals surface area contributed by atoms with Gasteiger partial charge in [0.2, 0.25) is 0 Å². The van der Waals surface area contributed by atoms with Gasteiger partial charge in [-0.25, -0.2) is 0 Å². The fraction of sp³-hybridized carbons (Fsp3) is 0.267. The van der Waals surface area contributed by atoms with Crippen LogP contribution in [0.4, 0.5) is 5.69 Å². The zero-order valence-electron chi connectivity index (χ0n) is 11.4. The molecular formula is C15H13ClN2O2S. The van der Waals surface area contributed by atoms with E-state index in [-0.39, 0.29) is 5.91 Å². The molecule has 1 atom stereocenters. The molecule has 0 saturated carbocycles. The number of rotatable bonds is 2. The zero-order chi connectivity index (χ0) is 15.0. The number of thiophene rings is 1. The molecule has 1 aromatic carbocycles. The molecule has 2 aromatic rings. The molecule has 0 aliphatic carbocycles. The number of nitrogens with zero attached hydrogens (tertiary/aromatic N) is 2. The van der Waals surface area contributed by atoms with Gasteiger partial charge in [-0.15, -0.1) is 11.3 Å². The largest absolute Gasteiger partial charge is 0.308 e. The van der Waals surface area contributed by atoms with Crippen LogP contribution in [0.15, 0.2) is 34.8 Å². The predicted octanol–water partition coefficient (Wildman–Crippen LogP) is 4.57. The van der Waals surface area contributed by atoms with E-state index in [1.165, 1.54) is 0 Å². The Hall–Kier alpha value is -1.72. The highest BCUT2D eigenvalue weighted by Crippen LogP contribution is 2.38. The summed E-state index contributed by atoms with van der Waals surface area (Å²) < 4.78 is 0. The van der Waals surface area contributed by atoms with Gasteiger partial charge in [-0.05, 0) is 36.9 Å². The van der Waals surface area contributed by atoms with Crippen molar-refractivity contribution in [3.8, 4) is 0 Å². The minimum absolute atomic E-state index is 0.0541. The maximum absolute atomic E-state index is 12.7. The smallest absolute Gasteiger partial charge is 0.259 e. The second-order valence-corrected chi connectivity index (χ2v) is 6.52. The molecular weight excluding hydrogens is 308 g/mol. The Morgan fingerprint density at radius 1 is 1.43 bits per heavy atom. The second-order valence-electron chi connectivity index (χ2n) is 4.96. The lowest BCUT2D eigenvalue weighted by Crippen LogP contribution is -2.36. The van der Waals surface area contributed by atoms with E-state index in [2.05, 4.69) is 5.18 Å². The number of anilines is 1. The minimum atomic E-state index is -0.412. The quantitative estimate of drug-likeness (QED) is 0.761.